The van der Waals surface area contributed by atoms with Crippen LogP contribution in [-0.2, 0) is 20.8 Å². The van der Waals surface area contributed by atoms with Crippen molar-refractivity contribution in [3.63, 3.8) is 0 Å². The summed E-state index contributed by atoms with van der Waals surface area (Å²) in [5, 5.41) is 6.17. The molecule has 0 bridgehead atoms. The first-order chi connectivity index (χ1) is 11.5. The van der Waals surface area contributed by atoms with Gasteiger partial charge in [-0.25, -0.2) is 0 Å². The van der Waals surface area contributed by atoms with E-state index in [9.17, 15) is 14.4 Å². The Morgan fingerprint density at radius 2 is 2.08 bits per heavy atom. The summed E-state index contributed by atoms with van der Waals surface area (Å²) in [6, 6.07) is 9.87. The molecule has 2 aromatic rings. The van der Waals surface area contributed by atoms with Crippen LogP contribution in [0.5, 0.6) is 0 Å². The predicted octanol–water partition coefficient (Wildman–Crippen LogP) is 0.0260. The smallest absolute Gasteiger partial charge is 0.243 e. The van der Waals surface area contributed by atoms with Gasteiger partial charge in [0.15, 0.2) is 0 Å². The van der Waals surface area contributed by atoms with E-state index in [1.54, 1.807) is 0 Å². The van der Waals surface area contributed by atoms with Crippen molar-refractivity contribution < 1.29 is 14.4 Å². The minimum atomic E-state index is -0.872. The van der Waals surface area contributed by atoms with E-state index in [0.717, 1.165) is 10.9 Å². The molecule has 3 amide bonds. The van der Waals surface area contributed by atoms with Gasteiger partial charge < -0.3 is 16.4 Å². The maximum absolute atomic E-state index is 12.2. The monoisotopic (exact) mass is 326 g/mol. The van der Waals surface area contributed by atoms with Gasteiger partial charge in [-0.15, -0.1) is 0 Å². The Hall–Kier alpha value is -2.96. The van der Waals surface area contributed by atoms with Gasteiger partial charge in [-0.2, -0.15) is 0 Å². The van der Waals surface area contributed by atoms with Crippen LogP contribution in [0.1, 0.15) is 18.5 Å². The minimum Gasteiger partial charge on any atom is -0.368 e. The van der Waals surface area contributed by atoms with E-state index in [-0.39, 0.29) is 12.3 Å². The van der Waals surface area contributed by atoms with Crippen LogP contribution in [-0.4, -0.2) is 34.8 Å². The lowest BCUT2D eigenvalue weighted by atomic mass is 10.1. The maximum atomic E-state index is 12.2. The van der Waals surface area contributed by atoms with Crippen molar-refractivity contribution in [2.75, 3.05) is 0 Å². The number of nitrogens with one attached hydrogen (secondary N) is 2. The molecule has 4 N–H and O–H groups in total. The molecule has 1 aromatic carbocycles. The van der Waals surface area contributed by atoms with Crippen LogP contribution in [0, 0.1) is 0 Å². The second kappa shape index (κ2) is 6.66. The number of para-hydroxylation sites is 1. The van der Waals surface area contributed by atoms with Crippen molar-refractivity contribution >= 4 is 28.6 Å². The molecule has 0 saturated carbocycles. The number of hydrogen-bond acceptors (Lipinski definition) is 4. The molecule has 7 heteroatoms. The number of amides is 3. The van der Waals surface area contributed by atoms with Crippen LogP contribution in [0.4, 0.5) is 0 Å². The van der Waals surface area contributed by atoms with Crippen molar-refractivity contribution in [3.8, 4) is 0 Å². The number of carbonyl (C=O) groups excluding carboxylic acids is 3. The standard InChI is InChI=1S/C17H18N4O3/c18-16(23)14(21-17(24)13-7-8-15(22)20-13)9-11-6-5-10-3-1-2-4-12(10)19-11/h1-6,13-14H,7-9H2,(H2,18,23)(H,20,22)(H,21,24)/t13-,14+/m0/s1. The Morgan fingerprint density at radius 3 is 2.79 bits per heavy atom. The lowest BCUT2D eigenvalue weighted by Crippen LogP contribution is -2.51. The first kappa shape index (κ1) is 15.9. The van der Waals surface area contributed by atoms with Gasteiger partial charge in [0.25, 0.3) is 0 Å². The van der Waals surface area contributed by atoms with E-state index in [0.29, 0.717) is 18.5 Å². The van der Waals surface area contributed by atoms with Gasteiger partial charge in [0, 0.05) is 23.9 Å². The predicted molar refractivity (Wildman–Crippen MR) is 87.7 cm³/mol. The van der Waals surface area contributed by atoms with Gasteiger partial charge in [0.05, 0.1) is 5.52 Å². The average Bonchev–Trinajstić information content (AvgIpc) is 3.00. The summed E-state index contributed by atoms with van der Waals surface area (Å²) in [4.78, 5) is 39.5. The Kier molecular flexibility index (Phi) is 4.41. The molecule has 1 saturated heterocycles. The van der Waals surface area contributed by atoms with Crippen LogP contribution in [0.2, 0.25) is 0 Å². The van der Waals surface area contributed by atoms with Crippen LogP contribution in [0.3, 0.4) is 0 Å². The molecule has 3 rings (SSSR count). The molecule has 1 aliphatic rings. The highest BCUT2D eigenvalue weighted by Crippen LogP contribution is 2.13. The Balaban J connectivity index is 1.72. The highest BCUT2D eigenvalue weighted by atomic mass is 16.2. The van der Waals surface area contributed by atoms with Crippen molar-refractivity contribution in [3.05, 3.63) is 42.1 Å². The zero-order valence-electron chi connectivity index (χ0n) is 13.0. The molecule has 1 aromatic heterocycles. The molecule has 0 aliphatic carbocycles. The molecule has 2 heterocycles. The summed E-state index contributed by atoms with van der Waals surface area (Å²) in [5.41, 5.74) is 6.88. The topological polar surface area (TPSA) is 114 Å². The fraction of sp³-hybridized carbons (Fsp3) is 0.294. The third kappa shape index (κ3) is 3.51. The average molecular weight is 326 g/mol. The molecule has 0 spiro atoms. The highest BCUT2D eigenvalue weighted by molar-refractivity contribution is 5.93. The molecule has 1 aliphatic heterocycles. The molecule has 0 radical (unpaired) electrons. The van der Waals surface area contributed by atoms with Gasteiger partial charge in [-0.3, -0.25) is 19.4 Å². The van der Waals surface area contributed by atoms with Gasteiger partial charge in [0.2, 0.25) is 17.7 Å². The summed E-state index contributed by atoms with van der Waals surface area (Å²) in [6.07, 6.45) is 0.933. The lowest BCUT2D eigenvalue weighted by molar-refractivity contribution is -0.129. The van der Waals surface area contributed by atoms with Crippen molar-refractivity contribution in [1.82, 2.24) is 15.6 Å². The molecule has 124 valence electrons. The minimum absolute atomic E-state index is 0.165. The molecule has 7 nitrogen and oxygen atoms in total. The number of nitrogens with two attached hydrogens (primary N) is 1. The number of pyridine rings is 1. The summed E-state index contributed by atoms with van der Waals surface area (Å²) >= 11 is 0. The number of fused-ring (bicyclic) bond motifs is 1. The molecular weight excluding hydrogens is 308 g/mol. The van der Waals surface area contributed by atoms with Crippen LogP contribution in [0.25, 0.3) is 10.9 Å². The second-order valence-corrected chi connectivity index (χ2v) is 5.82. The Morgan fingerprint density at radius 1 is 1.29 bits per heavy atom. The van der Waals surface area contributed by atoms with Crippen LogP contribution < -0.4 is 16.4 Å². The van der Waals surface area contributed by atoms with E-state index in [2.05, 4.69) is 15.6 Å². The SMILES string of the molecule is NC(=O)[C@@H](Cc1ccc2ccccc2n1)NC(=O)[C@@H]1CCC(=O)N1. The summed E-state index contributed by atoms with van der Waals surface area (Å²) in [7, 11) is 0. The second-order valence-electron chi connectivity index (χ2n) is 5.82. The number of carbonyl (C=O) groups is 3. The Labute approximate surface area is 138 Å². The van der Waals surface area contributed by atoms with E-state index >= 15 is 0 Å². The third-order valence-electron chi connectivity index (χ3n) is 4.04. The quantitative estimate of drug-likeness (QED) is 0.719. The molecular formula is C17H18N4O3. The number of primary amides is 1. The zero-order chi connectivity index (χ0) is 17.1. The molecule has 1 fully saturated rings. The van der Waals surface area contributed by atoms with Crippen molar-refractivity contribution in [2.24, 2.45) is 5.73 Å². The first-order valence-electron chi connectivity index (χ1n) is 7.76. The fourth-order valence-corrected chi connectivity index (χ4v) is 2.74. The number of aromatic nitrogens is 1. The lowest BCUT2D eigenvalue weighted by Gasteiger charge is -2.18. The largest absolute Gasteiger partial charge is 0.368 e. The number of rotatable bonds is 5. The van der Waals surface area contributed by atoms with Gasteiger partial charge in [-0.1, -0.05) is 24.3 Å². The van der Waals surface area contributed by atoms with Crippen LogP contribution >= 0.6 is 0 Å². The van der Waals surface area contributed by atoms with Crippen molar-refractivity contribution in [2.45, 2.75) is 31.3 Å². The fourth-order valence-electron chi connectivity index (χ4n) is 2.74. The van der Waals surface area contributed by atoms with E-state index in [1.165, 1.54) is 0 Å². The third-order valence-corrected chi connectivity index (χ3v) is 4.04. The molecule has 0 unspecified atom stereocenters. The van der Waals surface area contributed by atoms with Gasteiger partial charge in [-0.05, 0) is 18.6 Å². The first-order valence-corrected chi connectivity index (χ1v) is 7.76. The summed E-state index contributed by atoms with van der Waals surface area (Å²) in [6.45, 7) is 0. The number of benzene rings is 1. The van der Waals surface area contributed by atoms with Gasteiger partial charge >= 0.3 is 0 Å². The summed E-state index contributed by atoms with van der Waals surface area (Å²) < 4.78 is 0. The maximum Gasteiger partial charge on any atom is 0.243 e. The number of hydrogen-bond donors (Lipinski definition) is 3. The Bertz CT molecular complexity index is 805. The molecule has 24 heavy (non-hydrogen) atoms. The number of nitrogens with zero attached hydrogens (tertiary/aromatic N) is 1. The zero-order valence-corrected chi connectivity index (χ0v) is 13.0. The van der Waals surface area contributed by atoms with E-state index in [4.69, 9.17) is 5.73 Å². The highest BCUT2D eigenvalue weighted by Gasteiger charge is 2.30. The summed E-state index contributed by atoms with van der Waals surface area (Å²) in [5.74, 6) is -1.20. The van der Waals surface area contributed by atoms with Crippen LogP contribution in [0.15, 0.2) is 36.4 Å². The van der Waals surface area contributed by atoms with E-state index < -0.39 is 23.9 Å². The van der Waals surface area contributed by atoms with E-state index in [1.807, 2.05) is 36.4 Å². The van der Waals surface area contributed by atoms with Gasteiger partial charge in [0.1, 0.15) is 12.1 Å². The normalized spacial score (nSPS) is 18.2. The molecule has 2 atom stereocenters. The van der Waals surface area contributed by atoms with Crippen molar-refractivity contribution in [1.29, 1.82) is 0 Å².